The highest BCUT2D eigenvalue weighted by Crippen LogP contribution is 2.10. The van der Waals surface area contributed by atoms with Gasteiger partial charge in [-0.05, 0) is 42.1 Å². The van der Waals surface area contributed by atoms with Crippen LogP contribution in [0.1, 0.15) is 31.7 Å². The van der Waals surface area contributed by atoms with Crippen molar-refractivity contribution >= 4 is 28.1 Å². The maximum atomic E-state index is 10.1. The van der Waals surface area contributed by atoms with Crippen LogP contribution < -0.4 is 5.32 Å². The van der Waals surface area contributed by atoms with E-state index in [-0.39, 0.29) is 12.2 Å². The first kappa shape index (κ1) is 27.0. The van der Waals surface area contributed by atoms with E-state index in [9.17, 15) is 10.1 Å². The van der Waals surface area contributed by atoms with E-state index in [0.29, 0.717) is 0 Å². The number of non-ortho nitro benzene ring substituents is 1. The van der Waals surface area contributed by atoms with Gasteiger partial charge in [0.05, 0.1) is 4.92 Å². The molecule has 1 aliphatic rings. The lowest BCUT2D eigenvalue weighted by Gasteiger charge is -1.90. The maximum Gasteiger partial charge on any atom is 0.290 e. The molecule has 152 valence electrons. The molecule has 0 unspecified atom stereocenters. The number of carboxylic acid groups (broad SMARTS) is 1. The molecule has 8 heteroatoms. The number of hydrogen-bond acceptors (Lipinski definition) is 5. The molecule has 0 spiro atoms. The van der Waals surface area contributed by atoms with Gasteiger partial charge in [0, 0.05) is 43.1 Å². The summed E-state index contributed by atoms with van der Waals surface area (Å²) in [5.41, 5.74) is 1.18. The number of rotatable bonds is 4. The average Bonchev–Trinajstić information content (AvgIpc) is 3.22. The normalized spacial score (nSPS) is 12.5. The lowest BCUT2D eigenvalue weighted by molar-refractivity contribution is -0.384. The largest absolute Gasteiger partial charge is 0.483 e. The number of benzene rings is 1. The number of nitrogens with one attached hydrogen (secondary N) is 1. The number of nitro groups is 1. The third-order valence-electron chi connectivity index (χ3n) is 2.87. The first-order valence-corrected chi connectivity index (χ1v) is 9.28. The fourth-order valence-corrected chi connectivity index (χ4v) is 2.01. The van der Waals surface area contributed by atoms with Crippen LogP contribution in [0.25, 0.3) is 0 Å². The van der Waals surface area contributed by atoms with Crippen molar-refractivity contribution in [3.05, 3.63) is 62.8 Å². The Hall–Kier alpha value is -2.19. The Kier molecular flexibility index (Phi) is 20.2. The summed E-state index contributed by atoms with van der Waals surface area (Å²) < 4.78 is 6.02. The molecule has 7 nitrogen and oxygen atoms in total. The summed E-state index contributed by atoms with van der Waals surface area (Å²) in [5.74, 6) is 0. The quantitative estimate of drug-likeness (QED) is 0.299. The Morgan fingerprint density at radius 2 is 1.85 bits per heavy atom. The summed E-state index contributed by atoms with van der Waals surface area (Å²) in [7, 11) is 1.88. The van der Waals surface area contributed by atoms with Crippen LogP contribution in [0.4, 0.5) is 5.69 Å². The van der Waals surface area contributed by atoms with Gasteiger partial charge in [-0.25, -0.2) is 0 Å². The van der Waals surface area contributed by atoms with Crippen molar-refractivity contribution in [3.63, 3.8) is 0 Å². The van der Waals surface area contributed by atoms with Crippen molar-refractivity contribution in [2.24, 2.45) is 0 Å². The molecule has 1 heterocycles. The number of allylic oxidation sites excluding steroid dienone is 3. The van der Waals surface area contributed by atoms with Crippen LogP contribution in [0.2, 0.25) is 0 Å². The van der Waals surface area contributed by atoms with Gasteiger partial charge in [-0.2, -0.15) is 0 Å². The van der Waals surface area contributed by atoms with Crippen LogP contribution in [-0.2, 0) is 9.53 Å². The van der Waals surface area contributed by atoms with E-state index >= 15 is 0 Å². The van der Waals surface area contributed by atoms with E-state index in [1.165, 1.54) is 25.0 Å². The fraction of sp³-hybridized carbons (Fsp3) is 0.421. The molecule has 0 aliphatic carbocycles. The molecule has 0 atom stereocenters. The van der Waals surface area contributed by atoms with Crippen LogP contribution in [0.3, 0.4) is 0 Å². The number of hydrogen-bond donors (Lipinski definition) is 2. The molecule has 0 saturated carbocycles. The Morgan fingerprint density at radius 1 is 1.33 bits per heavy atom. The van der Waals surface area contributed by atoms with Gasteiger partial charge in [-0.3, -0.25) is 14.9 Å². The molecule has 0 bridgehead atoms. The van der Waals surface area contributed by atoms with Gasteiger partial charge < -0.3 is 15.2 Å². The van der Waals surface area contributed by atoms with Crippen LogP contribution in [-0.4, -0.2) is 36.8 Å². The minimum absolute atomic E-state index is 0.144. The Morgan fingerprint density at radius 3 is 2.19 bits per heavy atom. The fourth-order valence-electron chi connectivity index (χ4n) is 1.59. The SMILES string of the molecule is C1CCOC1.CC/C=C\C(Br)=C/NC.Cc1ccc([N+](=O)[O-])cc1.O=CO. The molecule has 27 heavy (non-hydrogen) atoms. The lowest BCUT2D eigenvalue weighted by Crippen LogP contribution is -1.91. The van der Waals surface area contributed by atoms with Gasteiger partial charge in [0.2, 0.25) is 0 Å². The van der Waals surface area contributed by atoms with Gasteiger partial charge in [0.15, 0.2) is 0 Å². The van der Waals surface area contributed by atoms with E-state index in [1.54, 1.807) is 12.1 Å². The summed E-state index contributed by atoms with van der Waals surface area (Å²) in [6.07, 6.45) is 9.65. The second-order valence-electron chi connectivity index (χ2n) is 5.15. The van der Waals surface area contributed by atoms with Gasteiger partial charge in [0.1, 0.15) is 0 Å². The first-order valence-electron chi connectivity index (χ1n) is 8.49. The molecule has 0 radical (unpaired) electrons. The highest BCUT2D eigenvalue weighted by Gasteiger charge is 2.00. The van der Waals surface area contributed by atoms with Crippen molar-refractivity contribution in [1.29, 1.82) is 0 Å². The van der Waals surface area contributed by atoms with E-state index in [0.717, 1.165) is 29.7 Å². The summed E-state index contributed by atoms with van der Waals surface area (Å²) in [6.45, 7) is 5.75. The van der Waals surface area contributed by atoms with Crippen LogP contribution in [0.5, 0.6) is 0 Å². The first-order chi connectivity index (χ1) is 12.9. The summed E-state index contributed by atoms with van der Waals surface area (Å²) >= 11 is 3.35. The maximum absolute atomic E-state index is 10.1. The van der Waals surface area contributed by atoms with Crippen molar-refractivity contribution in [1.82, 2.24) is 5.32 Å². The van der Waals surface area contributed by atoms with Crippen LogP contribution >= 0.6 is 15.9 Å². The van der Waals surface area contributed by atoms with Gasteiger partial charge in [-0.1, -0.05) is 36.8 Å². The standard InChI is InChI=1S/C7H12BrN.C7H7NO2.C4H8O.CH2O2/c1-3-4-5-7(8)6-9-2;1-6-2-4-7(5-3-6)8(9)10;1-2-4-5-3-1;2-1-3/h4-6,9H,3H2,1-2H3;2-5H,1H3;1-4H2;1H,(H,2,3)/b5-4-,7-6+;;;. The van der Waals surface area contributed by atoms with E-state index in [2.05, 4.69) is 34.2 Å². The molecule has 0 aromatic heterocycles. The van der Waals surface area contributed by atoms with Gasteiger partial charge in [-0.15, -0.1) is 0 Å². The molecular formula is C19H29BrN2O5. The van der Waals surface area contributed by atoms with Crippen molar-refractivity contribution in [2.45, 2.75) is 33.1 Å². The van der Waals surface area contributed by atoms with Crippen molar-refractivity contribution in [2.75, 3.05) is 20.3 Å². The molecule has 1 aromatic rings. The van der Waals surface area contributed by atoms with Gasteiger partial charge in [0.25, 0.3) is 12.2 Å². The third-order valence-corrected chi connectivity index (χ3v) is 3.36. The number of nitro benzene ring substituents is 1. The smallest absolute Gasteiger partial charge is 0.290 e. The highest BCUT2D eigenvalue weighted by atomic mass is 79.9. The molecule has 2 rings (SSSR count). The molecule has 1 saturated heterocycles. The zero-order valence-corrected chi connectivity index (χ0v) is 17.6. The molecule has 2 N–H and O–H groups in total. The minimum Gasteiger partial charge on any atom is -0.483 e. The summed E-state index contributed by atoms with van der Waals surface area (Å²) in [6, 6.07) is 6.43. The Labute approximate surface area is 169 Å². The highest BCUT2D eigenvalue weighted by molar-refractivity contribution is 9.11. The monoisotopic (exact) mass is 444 g/mol. The molecule has 1 fully saturated rings. The summed E-state index contributed by atoms with van der Waals surface area (Å²) in [4.78, 5) is 18.1. The summed E-state index contributed by atoms with van der Waals surface area (Å²) in [5, 5.41) is 19.9. The predicted octanol–water partition coefficient (Wildman–Crippen LogP) is 4.81. The zero-order valence-electron chi connectivity index (χ0n) is 16.1. The third kappa shape index (κ3) is 20.0. The average molecular weight is 445 g/mol. The molecule has 1 aromatic carbocycles. The number of ether oxygens (including phenoxy) is 1. The minimum atomic E-state index is -0.403. The van der Waals surface area contributed by atoms with Crippen molar-refractivity contribution < 1.29 is 19.6 Å². The molecular weight excluding hydrogens is 416 g/mol. The molecule has 0 amide bonds. The van der Waals surface area contributed by atoms with Crippen LogP contribution in [0, 0.1) is 17.0 Å². The second-order valence-corrected chi connectivity index (χ2v) is 6.06. The number of nitrogens with zero attached hydrogens (tertiary/aromatic N) is 1. The number of carbonyl (C=O) groups is 1. The topological polar surface area (TPSA) is 102 Å². The number of aryl methyl sites for hydroxylation is 1. The lowest BCUT2D eigenvalue weighted by atomic mass is 10.2. The zero-order chi connectivity index (χ0) is 20.9. The van der Waals surface area contributed by atoms with E-state index < -0.39 is 4.92 Å². The second kappa shape index (κ2) is 20.1. The van der Waals surface area contributed by atoms with Crippen molar-refractivity contribution in [3.8, 4) is 0 Å². The van der Waals surface area contributed by atoms with E-state index in [1.807, 2.05) is 26.2 Å². The van der Waals surface area contributed by atoms with Gasteiger partial charge >= 0.3 is 0 Å². The van der Waals surface area contributed by atoms with Crippen LogP contribution in [0.15, 0.2) is 47.1 Å². The Balaban J connectivity index is 0. The predicted molar refractivity (Wildman–Crippen MR) is 112 cm³/mol. The molecule has 1 aliphatic heterocycles. The number of halogens is 1. The Bertz CT molecular complexity index is 548. The van der Waals surface area contributed by atoms with E-state index in [4.69, 9.17) is 14.6 Å².